The summed E-state index contributed by atoms with van der Waals surface area (Å²) < 4.78 is 5.26. The van der Waals surface area contributed by atoms with Crippen molar-refractivity contribution in [2.24, 2.45) is 0 Å². The first-order valence-electron chi connectivity index (χ1n) is 8.91. The van der Waals surface area contributed by atoms with Crippen LogP contribution in [0.1, 0.15) is 18.5 Å². The van der Waals surface area contributed by atoms with Crippen LogP contribution in [0, 0.1) is 0 Å². The number of halogens is 2. The quantitative estimate of drug-likeness (QED) is 0.685. The Morgan fingerprint density at radius 3 is 2.89 bits per heavy atom. The van der Waals surface area contributed by atoms with Crippen LogP contribution in [-0.2, 0) is 16.0 Å². The average molecular weight is 418 g/mol. The minimum absolute atomic E-state index is 0.0821. The predicted octanol–water partition coefficient (Wildman–Crippen LogP) is 4.31. The van der Waals surface area contributed by atoms with Crippen LogP contribution < -0.4 is 5.32 Å². The Labute approximate surface area is 171 Å². The van der Waals surface area contributed by atoms with Crippen LogP contribution in [0.2, 0.25) is 10.0 Å². The first-order chi connectivity index (χ1) is 13.5. The van der Waals surface area contributed by atoms with Crippen molar-refractivity contribution in [3.05, 3.63) is 58.2 Å². The van der Waals surface area contributed by atoms with Gasteiger partial charge in [-0.15, -0.1) is 0 Å². The van der Waals surface area contributed by atoms with E-state index in [1.807, 2.05) is 18.2 Å². The third kappa shape index (κ3) is 3.70. The third-order valence-corrected chi connectivity index (χ3v) is 5.40. The van der Waals surface area contributed by atoms with Gasteiger partial charge in [-0.2, -0.15) is 0 Å². The summed E-state index contributed by atoms with van der Waals surface area (Å²) in [6, 6.07) is 11.7. The second-order valence-corrected chi connectivity index (χ2v) is 7.50. The number of hydrogen-bond donors (Lipinski definition) is 1. The summed E-state index contributed by atoms with van der Waals surface area (Å²) in [6.07, 6.45) is 1.43. The van der Waals surface area contributed by atoms with Crippen LogP contribution >= 0.6 is 23.2 Å². The number of nitrogens with one attached hydrogen (secondary N) is 1. The fourth-order valence-corrected chi connectivity index (χ4v) is 3.79. The second-order valence-electron chi connectivity index (χ2n) is 6.66. The van der Waals surface area contributed by atoms with Gasteiger partial charge in [0.15, 0.2) is 5.58 Å². The zero-order valence-corrected chi connectivity index (χ0v) is 16.3. The van der Waals surface area contributed by atoms with Gasteiger partial charge in [0.2, 0.25) is 11.8 Å². The number of fused-ring (bicyclic) bond motifs is 1. The monoisotopic (exact) mass is 417 g/mol. The Kier molecular flexibility index (Phi) is 5.24. The van der Waals surface area contributed by atoms with Crippen LogP contribution in [0.5, 0.6) is 0 Å². The minimum Gasteiger partial charge on any atom is -0.356 e. The molecule has 0 aliphatic carbocycles. The predicted molar refractivity (Wildman–Crippen MR) is 108 cm³/mol. The number of anilines is 1. The van der Waals surface area contributed by atoms with Gasteiger partial charge >= 0.3 is 0 Å². The molecule has 2 heterocycles. The molecule has 2 amide bonds. The number of para-hydroxylation sites is 1. The van der Waals surface area contributed by atoms with Gasteiger partial charge in [-0.3, -0.25) is 9.59 Å². The number of nitrogens with zero attached hydrogens (tertiary/aromatic N) is 2. The Balaban J connectivity index is 1.48. The molecule has 1 aromatic heterocycles. The molecule has 2 aromatic carbocycles. The van der Waals surface area contributed by atoms with Crippen molar-refractivity contribution < 1.29 is 14.1 Å². The van der Waals surface area contributed by atoms with Crippen LogP contribution in [0.3, 0.4) is 0 Å². The maximum absolute atomic E-state index is 12.9. The summed E-state index contributed by atoms with van der Waals surface area (Å²) in [5.41, 5.74) is 1.64. The molecular formula is C20H17Cl2N3O3. The standard InChI is InChI=1S/C20H17Cl2N3O3/c21-12-7-8-14(22)16(10-12)23-20(27)17-5-3-9-25(17)19(26)11-15-13-4-1-2-6-18(13)28-24-15/h1-2,4,6-8,10,17H,3,5,9,11H2,(H,23,27). The van der Waals surface area contributed by atoms with E-state index in [9.17, 15) is 9.59 Å². The molecule has 1 unspecified atom stereocenters. The van der Waals surface area contributed by atoms with E-state index in [4.69, 9.17) is 27.7 Å². The van der Waals surface area contributed by atoms with Gasteiger partial charge in [-0.25, -0.2) is 0 Å². The van der Waals surface area contributed by atoms with Crippen molar-refractivity contribution in [2.45, 2.75) is 25.3 Å². The number of carbonyl (C=O) groups excluding carboxylic acids is 2. The SMILES string of the molecule is O=C(Nc1cc(Cl)ccc1Cl)C1CCCN1C(=O)Cc1noc2ccccc12. The Morgan fingerprint density at radius 2 is 2.04 bits per heavy atom. The molecule has 4 rings (SSSR count). The number of hydrogen-bond acceptors (Lipinski definition) is 4. The van der Waals surface area contributed by atoms with Crippen molar-refractivity contribution in [1.29, 1.82) is 0 Å². The molecule has 1 atom stereocenters. The van der Waals surface area contributed by atoms with Gasteiger partial charge < -0.3 is 14.7 Å². The van der Waals surface area contributed by atoms with Crippen LogP contribution in [0.25, 0.3) is 11.0 Å². The van der Waals surface area contributed by atoms with E-state index in [1.54, 1.807) is 29.2 Å². The van der Waals surface area contributed by atoms with Gasteiger partial charge in [0, 0.05) is 17.0 Å². The second kappa shape index (κ2) is 7.81. The molecule has 8 heteroatoms. The fraction of sp³-hybridized carbons (Fsp3) is 0.250. The molecule has 1 saturated heterocycles. The van der Waals surface area contributed by atoms with E-state index in [0.717, 1.165) is 11.8 Å². The highest BCUT2D eigenvalue weighted by molar-refractivity contribution is 6.35. The summed E-state index contributed by atoms with van der Waals surface area (Å²) in [5, 5.41) is 8.46. The molecule has 1 N–H and O–H groups in total. The van der Waals surface area contributed by atoms with Gasteiger partial charge in [0.25, 0.3) is 0 Å². The summed E-state index contributed by atoms with van der Waals surface area (Å²) in [4.78, 5) is 27.2. The number of likely N-dealkylation sites (tertiary alicyclic amines) is 1. The summed E-state index contributed by atoms with van der Waals surface area (Å²) >= 11 is 12.1. The van der Waals surface area contributed by atoms with Gasteiger partial charge in [0.05, 0.1) is 17.1 Å². The number of benzene rings is 2. The maximum atomic E-state index is 12.9. The van der Waals surface area contributed by atoms with Gasteiger partial charge in [-0.05, 0) is 43.2 Å². The highest BCUT2D eigenvalue weighted by Gasteiger charge is 2.34. The molecule has 0 spiro atoms. The minimum atomic E-state index is -0.555. The lowest BCUT2D eigenvalue weighted by Crippen LogP contribution is -2.43. The normalized spacial score (nSPS) is 16.5. The number of amides is 2. The molecule has 1 aliphatic heterocycles. The molecule has 28 heavy (non-hydrogen) atoms. The number of aromatic nitrogens is 1. The molecule has 144 valence electrons. The zero-order chi connectivity index (χ0) is 19.7. The van der Waals surface area contributed by atoms with E-state index in [1.165, 1.54) is 0 Å². The van der Waals surface area contributed by atoms with Crippen molar-refractivity contribution in [2.75, 3.05) is 11.9 Å². The third-order valence-electron chi connectivity index (χ3n) is 4.83. The first-order valence-corrected chi connectivity index (χ1v) is 9.67. The van der Waals surface area contributed by atoms with Crippen molar-refractivity contribution in [3.8, 4) is 0 Å². The largest absolute Gasteiger partial charge is 0.356 e. The fourth-order valence-electron chi connectivity index (χ4n) is 3.46. The molecule has 0 bridgehead atoms. The molecular weight excluding hydrogens is 401 g/mol. The molecule has 3 aromatic rings. The molecule has 1 aliphatic rings. The van der Waals surface area contributed by atoms with E-state index < -0.39 is 6.04 Å². The summed E-state index contributed by atoms with van der Waals surface area (Å²) in [5.74, 6) is -0.436. The van der Waals surface area contributed by atoms with Gasteiger partial charge in [-0.1, -0.05) is 40.5 Å². The van der Waals surface area contributed by atoms with E-state index >= 15 is 0 Å². The van der Waals surface area contributed by atoms with Crippen LogP contribution in [0.4, 0.5) is 5.69 Å². The number of carbonyl (C=O) groups is 2. The van der Waals surface area contributed by atoms with E-state index in [-0.39, 0.29) is 18.2 Å². The zero-order valence-electron chi connectivity index (χ0n) is 14.8. The van der Waals surface area contributed by atoms with Crippen LogP contribution in [-0.4, -0.2) is 34.5 Å². The lowest BCUT2D eigenvalue weighted by Gasteiger charge is -2.24. The maximum Gasteiger partial charge on any atom is 0.247 e. The first kappa shape index (κ1) is 18.8. The highest BCUT2D eigenvalue weighted by Crippen LogP contribution is 2.27. The summed E-state index contributed by atoms with van der Waals surface area (Å²) in [7, 11) is 0. The Morgan fingerprint density at radius 1 is 1.21 bits per heavy atom. The van der Waals surface area contributed by atoms with E-state index in [2.05, 4.69) is 10.5 Å². The highest BCUT2D eigenvalue weighted by atomic mass is 35.5. The molecule has 6 nitrogen and oxygen atoms in total. The van der Waals surface area contributed by atoms with Crippen molar-refractivity contribution in [1.82, 2.24) is 10.1 Å². The van der Waals surface area contributed by atoms with Gasteiger partial charge in [0.1, 0.15) is 11.7 Å². The molecule has 0 radical (unpaired) electrons. The smallest absolute Gasteiger partial charge is 0.247 e. The topological polar surface area (TPSA) is 75.4 Å². The molecule has 1 fully saturated rings. The Bertz CT molecular complexity index is 1050. The molecule has 0 saturated carbocycles. The lowest BCUT2D eigenvalue weighted by molar-refractivity contribution is -0.136. The van der Waals surface area contributed by atoms with Crippen molar-refractivity contribution >= 4 is 51.7 Å². The average Bonchev–Trinajstić information content (AvgIpc) is 3.32. The van der Waals surface area contributed by atoms with E-state index in [0.29, 0.717) is 40.0 Å². The Hall–Kier alpha value is -2.57. The van der Waals surface area contributed by atoms with Crippen molar-refractivity contribution in [3.63, 3.8) is 0 Å². The number of rotatable bonds is 4. The lowest BCUT2D eigenvalue weighted by atomic mass is 10.1. The summed E-state index contributed by atoms with van der Waals surface area (Å²) in [6.45, 7) is 0.524. The van der Waals surface area contributed by atoms with Crippen LogP contribution in [0.15, 0.2) is 47.0 Å².